The number of hydrogen-bond acceptors (Lipinski definition) is 3. The second-order valence-corrected chi connectivity index (χ2v) is 6.91. The van der Waals surface area contributed by atoms with Crippen molar-refractivity contribution in [2.24, 2.45) is 0 Å². The molecule has 0 saturated heterocycles. The van der Waals surface area contributed by atoms with Crippen molar-refractivity contribution in [2.45, 2.75) is 26.2 Å². The molecule has 1 heterocycles. The molecule has 0 atom stereocenters. The number of rotatable bonds is 3. The van der Waals surface area contributed by atoms with Gasteiger partial charge in [0.15, 0.2) is 0 Å². The molecular formula is C20H18F2N2O2. The third-order valence-electron chi connectivity index (χ3n) is 3.77. The molecule has 0 spiro atoms. The van der Waals surface area contributed by atoms with Crippen LogP contribution in [0, 0.1) is 11.6 Å². The zero-order valence-electron chi connectivity index (χ0n) is 14.7. The van der Waals surface area contributed by atoms with E-state index in [0.717, 1.165) is 6.07 Å². The van der Waals surface area contributed by atoms with Crippen LogP contribution >= 0.6 is 0 Å². The molecule has 0 amide bonds. The van der Waals surface area contributed by atoms with Crippen LogP contribution in [0.1, 0.15) is 36.8 Å². The Morgan fingerprint density at radius 3 is 2.31 bits per heavy atom. The quantitative estimate of drug-likeness (QED) is 0.641. The Morgan fingerprint density at radius 1 is 1.00 bits per heavy atom. The zero-order chi connectivity index (χ0) is 18.9. The van der Waals surface area contributed by atoms with E-state index >= 15 is 0 Å². The number of halogens is 2. The SMILES string of the molecule is CC(C)(C)c1cc(OC(=O)c2cccc(F)c2)n(-c2ccc(F)cc2)n1. The average Bonchev–Trinajstić information content (AvgIpc) is 2.99. The van der Waals surface area contributed by atoms with Gasteiger partial charge in [-0.3, -0.25) is 0 Å². The van der Waals surface area contributed by atoms with Crippen LogP contribution < -0.4 is 4.74 Å². The molecule has 0 saturated carbocycles. The molecule has 0 N–H and O–H groups in total. The summed E-state index contributed by atoms with van der Waals surface area (Å²) < 4.78 is 33.4. The third-order valence-corrected chi connectivity index (χ3v) is 3.77. The van der Waals surface area contributed by atoms with Gasteiger partial charge in [0, 0.05) is 11.5 Å². The summed E-state index contributed by atoms with van der Waals surface area (Å²) in [6.07, 6.45) is 0. The summed E-state index contributed by atoms with van der Waals surface area (Å²) in [4.78, 5) is 12.4. The lowest BCUT2D eigenvalue weighted by molar-refractivity contribution is 0.0722. The molecule has 26 heavy (non-hydrogen) atoms. The van der Waals surface area contributed by atoms with E-state index in [1.165, 1.54) is 47.1 Å². The number of carbonyl (C=O) groups is 1. The molecule has 1 aromatic heterocycles. The summed E-state index contributed by atoms with van der Waals surface area (Å²) in [7, 11) is 0. The van der Waals surface area contributed by atoms with E-state index in [4.69, 9.17) is 4.74 Å². The highest BCUT2D eigenvalue weighted by atomic mass is 19.1. The van der Waals surface area contributed by atoms with Gasteiger partial charge in [-0.05, 0) is 42.5 Å². The number of esters is 1. The van der Waals surface area contributed by atoms with Crippen molar-refractivity contribution in [2.75, 3.05) is 0 Å². The number of carbonyl (C=O) groups excluding carboxylic acids is 1. The first kappa shape index (κ1) is 17.8. The Bertz CT molecular complexity index is 941. The van der Waals surface area contributed by atoms with Crippen molar-refractivity contribution in [3.8, 4) is 11.6 Å². The van der Waals surface area contributed by atoms with Gasteiger partial charge >= 0.3 is 5.97 Å². The molecule has 4 nitrogen and oxygen atoms in total. The number of hydrogen-bond donors (Lipinski definition) is 0. The Labute approximate surface area is 150 Å². The predicted octanol–water partition coefficient (Wildman–Crippen LogP) is 4.67. The van der Waals surface area contributed by atoms with Gasteiger partial charge in [-0.2, -0.15) is 5.10 Å². The van der Waals surface area contributed by atoms with E-state index in [9.17, 15) is 13.6 Å². The van der Waals surface area contributed by atoms with Gasteiger partial charge in [-0.1, -0.05) is 26.8 Å². The normalized spacial score (nSPS) is 11.4. The molecule has 3 rings (SSSR count). The van der Waals surface area contributed by atoms with Gasteiger partial charge in [0.1, 0.15) is 11.6 Å². The molecule has 0 unspecified atom stereocenters. The minimum Gasteiger partial charge on any atom is -0.404 e. The Hall–Kier alpha value is -3.02. The Kier molecular flexibility index (Phi) is 4.59. The third kappa shape index (κ3) is 3.79. The maximum atomic E-state index is 13.3. The fraction of sp³-hybridized carbons (Fsp3) is 0.200. The first-order valence-corrected chi connectivity index (χ1v) is 8.08. The summed E-state index contributed by atoms with van der Waals surface area (Å²) in [6.45, 7) is 5.92. The summed E-state index contributed by atoms with van der Waals surface area (Å²) in [5.74, 6) is -1.43. The smallest absolute Gasteiger partial charge is 0.344 e. The van der Waals surface area contributed by atoms with E-state index < -0.39 is 11.8 Å². The average molecular weight is 356 g/mol. The molecule has 3 aromatic rings. The minimum atomic E-state index is -0.701. The minimum absolute atomic E-state index is 0.0918. The van der Waals surface area contributed by atoms with E-state index in [0.29, 0.717) is 11.4 Å². The van der Waals surface area contributed by atoms with Crippen LogP contribution in [0.3, 0.4) is 0 Å². The molecular weight excluding hydrogens is 338 g/mol. The number of nitrogens with zero attached hydrogens (tertiary/aromatic N) is 2. The maximum absolute atomic E-state index is 13.3. The van der Waals surface area contributed by atoms with Gasteiger partial charge in [-0.15, -0.1) is 0 Å². The van der Waals surface area contributed by atoms with Crippen LogP contribution in [-0.2, 0) is 5.41 Å². The van der Waals surface area contributed by atoms with Crippen LogP contribution in [0.5, 0.6) is 5.88 Å². The second kappa shape index (κ2) is 6.71. The van der Waals surface area contributed by atoms with Crippen LogP contribution in [0.15, 0.2) is 54.6 Å². The second-order valence-electron chi connectivity index (χ2n) is 6.91. The van der Waals surface area contributed by atoms with Crippen molar-refractivity contribution in [1.82, 2.24) is 9.78 Å². The molecule has 0 aliphatic heterocycles. The van der Waals surface area contributed by atoms with Crippen molar-refractivity contribution in [3.05, 3.63) is 77.5 Å². The largest absolute Gasteiger partial charge is 0.404 e. The van der Waals surface area contributed by atoms with Crippen LogP contribution in [0.4, 0.5) is 8.78 Å². The van der Waals surface area contributed by atoms with E-state index in [1.54, 1.807) is 6.07 Å². The van der Waals surface area contributed by atoms with Gasteiger partial charge < -0.3 is 4.74 Å². The van der Waals surface area contributed by atoms with Crippen molar-refractivity contribution < 1.29 is 18.3 Å². The highest BCUT2D eigenvalue weighted by molar-refractivity contribution is 5.90. The molecule has 6 heteroatoms. The fourth-order valence-electron chi connectivity index (χ4n) is 2.34. The molecule has 2 aromatic carbocycles. The Morgan fingerprint density at radius 2 is 1.69 bits per heavy atom. The monoisotopic (exact) mass is 356 g/mol. The standard InChI is InChI=1S/C20H18F2N2O2/c1-20(2,3)17-12-18(24(23-17)16-9-7-14(21)8-10-16)26-19(25)13-5-4-6-15(22)11-13/h4-12H,1-3H3. The molecule has 0 bridgehead atoms. The molecule has 134 valence electrons. The summed E-state index contributed by atoms with van der Waals surface area (Å²) in [5, 5.41) is 4.49. The lowest BCUT2D eigenvalue weighted by Crippen LogP contribution is -2.13. The Balaban J connectivity index is 2.00. The van der Waals surface area contributed by atoms with E-state index in [1.807, 2.05) is 20.8 Å². The van der Waals surface area contributed by atoms with Crippen molar-refractivity contribution in [1.29, 1.82) is 0 Å². The van der Waals surface area contributed by atoms with Crippen LogP contribution in [0.25, 0.3) is 5.69 Å². The van der Waals surface area contributed by atoms with Crippen LogP contribution in [0.2, 0.25) is 0 Å². The topological polar surface area (TPSA) is 44.1 Å². The van der Waals surface area contributed by atoms with Gasteiger partial charge in [0.2, 0.25) is 5.88 Å². The van der Waals surface area contributed by atoms with Gasteiger partial charge in [0.25, 0.3) is 0 Å². The molecule has 0 aliphatic rings. The highest BCUT2D eigenvalue weighted by Crippen LogP contribution is 2.28. The number of ether oxygens (including phenoxy) is 1. The number of benzene rings is 2. The fourth-order valence-corrected chi connectivity index (χ4v) is 2.34. The number of aromatic nitrogens is 2. The lowest BCUT2D eigenvalue weighted by atomic mass is 9.93. The van der Waals surface area contributed by atoms with Gasteiger partial charge in [-0.25, -0.2) is 18.3 Å². The summed E-state index contributed by atoms with van der Waals surface area (Å²) in [6, 6.07) is 12.6. The van der Waals surface area contributed by atoms with Crippen molar-refractivity contribution >= 4 is 5.97 Å². The van der Waals surface area contributed by atoms with Crippen molar-refractivity contribution in [3.63, 3.8) is 0 Å². The van der Waals surface area contributed by atoms with Crippen LogP contribution in [-0.4, -0.2) is 15.7 Å². The first-order chi connectivity index (χ1) is 12.2. The molecule has 0 radical (unpaired) electrons. The first-order valence-electron chi connectivity index (χ1n) is 8.08. The van der Waals surface area contributed by atoms with E-state index in [2.05, 4.69) is 5.10 Å². The predicted molar refractivity (Wildman–Crippen MR) is 93.6 cm³/mol. The lowest BCUT2D eigenvalue weighted by Gasteiger charge is -2.13. The molecule has 0 fully saturated rings. The highest BCUT2D eigenvalue weighted by Gasteiger charge is 2.23. The summed E-state index contributed by atoms with van der Waals surface area (Å²) >= 11 is 0. The molecule has 0 aliphatic carbocycles. The van der Waals surface area contributed by atoms with Gasteiger partial charge in [0.05, 0.1) is 16.9 Å². The summed E-state index contributed by atoms with van der Waals surface area (Å²) in [5.41, 5.74) is 1.05. The van der Waals surface area contributed by atoms with E-state index in [-0.39, 0.29) is 22.7 Å². The maximum Gasteiger partial charge on any atom is 0.344 e. The zero-order valence-corrected chi connectivity index (χ0v) is 14.7.